The minimum absolute atomic E-state index is 0.341. The van der Waals surface area contributed by atoms with Gasteiger partial charge in [0.15, 0.2) is 0 Å². The van der Waals surface area contributed by atoms with Gasteiger partial charge in [-0.25, -0.2) is 12.7 Å². The summed E-state index contributed by atoms with van der Waals surface area (Å²) < 4.78 is 30.7. The third-order valence-corrected chi connectivity index (χ3v) is 6.28. The minimum atomic E-state index is -3.06. The van der Waals surface area contributed by atoms with Crippen molar-refractivity contribution in [3.63, 3.8) is 0 Å². The van der Waals surface area contributed by atoms with E-state index in [1.165, 1.54) is 31.9 Å². The molecule has 2 rings (SSSR count). The fourth-order valence-electron chi connectivity index (χ4n) is 3.66. The van der Waals surface area contributed by atoms with Crippen LogP contribution in [-0.2, 0) is 14.8 Å². The average Bonchev–Trinajstić information content (AvgIpc) is 2.47. The van der Waals surface area contributed by atoms with E-state index in [4.69, 9.17) is 10.5 Å². The highest BCUT2D eigenvalue weighted by Gasteiger charge is 2.27. The van der Waals surface area contributed by atoms with Gasteiger partial charge in [-0.15, -0.1) is 0 Å². The van der Waals surface area contributed by atoms with E-state index in [1.54, 1.807) is 4.31 Å². The molecule has 0 bridgehead atoms. The molecule has 0 aromatic carbocycles. The maximum absolute atomic E-state index is 11.6. The molecule has 1 aliphatic heterocycles. The SMILES string of the molecule is CS(=O)(=O)N1CCCC(COCC2CCCCC2CN)C1. The van der Waals surface area contributed by atoms with Crippen LogP contribution in [0, 0.1) is 17.8 Å². The number of hydrogen-bond acceptors (Lipinski definition) is 4. The van der Waals surface area contributed by atoms with Crippen molar-refractivity contribution in [2.45, 2.75) is 38.5 Å². The molecular weight excluding hydrogens is 288 g/mol. The summed E-state index contributed by atoms with van der Waals surface area (Å²) in [4.78, 5) is 0. The van der Waals surface area contributed by atoms with Crippen LogP contribution in [0.15, 0.2) is 0 Å². The molecule has 2 aliphatic rings. The maximum atomic E-state index is 11.6. The second kappa shape index (κ2) is 7.90. The third kappa shape index (κ3) is 5.20. The van der Waals surface area contributed by atoms with Gasteiger partial charge in [-0.2, -0.15) is 0 Å². The van der Waals surface area contributed by atoms with Crippen LogP contribution in [0.2, 0.25) is 0 Å². The zero-order valence-corrected chi connectivity index (χ0v) is 14.0. The fourth-order valence-corrected chi connectivity index (χ4v) is 4.61. The van der Waals surface area contributed by atoms with Crippen molar-refractivity contribution >= 4 is 10.0 Å². The normalized spacial score (nSPS) is 32.2. The van der Waals surface area contributed by atoms with Gasteiger partial charge in [-0.3, -0.25) is 0 Å². The Morgan fingerprint density at radius 1 is 1.10 bits per heavy atom. The summed E-state index contributed by atoms with van der Waals surface area (Å²) >= 11 is 0. The molecule has 1 aliphatic carbocycles. The lowest BCUT2D eigenvalue weighted by molar-refractivity contribution is 0.0303. The molecule has 1 saturated heterocycles. The van der Waals surface area contributed by atoms with Crippen molar-refractivity contribution in [3.05, 3.63) is 0 Å². The Bertz CT molecular complexity index is 413. The van der Waals surface area contributed by atoms with Crippen molar-refractivity contribution in [2.75, 3.05) is 39.1 Å². The largest absolute Gasteiger partial charge is 0.381 e. The van der Waals surface area contributed by atoms with Crippen LogP contribution in [0.1, 0.15) is 38.5 Å². The van der Waals surface area contributed by atoms with Crippen molar-refractivity contribution < 1.29 is 13.2 Å². The lowest BCUT2D eigenvalue weighted by atomic mass is 9.80. The van der Waals surface area contributed by atoms with Crippen LogP contribution in [-0.4, -0.2) is 51.8 Å². The second-order valence-electron chi connectivity index (χ2n) is 6.71. The fraction of sp³-hybridized carbons (Fsp3) is 1.00. The second-order valence-corrected chi connectivity index (χ2v) is 8.69. The van der Waals surface area contributed by atoms with Gasteiger partial charge in [0.1, 0.15) is 0 Å². The van der Waals surface area contributed by atoms with Gasteiger partial charge in [-0.05, 0) is 50.0 Å². The molecule has 124 valence electrons. The van der Waals surface area contributed by atoms with Gasteiger partial charge in [0.25, 0.3) is 0 Å². The highest BCUT2D eigenvalue weighted by atomic mass is 32.2. The first-order valence-corrected chi connectivity index (χ1v) is 10.1. The molecule has 2 fully saturated rings. The van der Waals surface area contributed by atoms with E-state index in [0.717, 1.165) is 26.0 Å². The molecule has 0 radical (unpaired) electrons. The Balaban J connectivity index is 1.73. The molecule has 0 spiro atoms. The molecule has 6 heteroatoms. The number of ether oxygens (including phenoxy) is 1. The smallest absolute Gasteiger partial charge is 0.211 e. The van der Waals surface area contributed by atoms with Crippen LogP contribution in [0.4, 0.5) is 0 Å². The molecule has 0 aromatic heterocycles. The maximum Gasteiger partial charge on any atom is 0.211 e. The van der Waals surface area contributed by atoms with Gasteiger partial charge in [0.2, 0.25) is 10.0 Å². The lowest BCUT2D eigenvalue weighted by Crippen LogP contribution is -2.41. The minimum Gasteiger partial charge on any atom is -0.381 e. The van der Waals surface area contributed by atoms with E-state index in [2.05, 4.69) is 0 Å². The molecule has 1 heterocycles. The summed E-state index contributed by atoms with van der Waals surface area (Å²) in [7, 11) is -3.06. The topological polar surface area (TPSA) is 72.6 Å². The molecule has 3 atom stereocenters. The number of piperidine rings is 1. The first-order chi connectivity index (χ1) is 10.0. The summed E-state index contributed by atoms with van der Waals surface area (Å²) in [6, 6.07) is 0. The Hall–Kier alpha value is -0.170. The summed E-state index contributed by atoms with van der Waals surface area (Å²) in [5.41, 5.74) is 5.85. The van der Waals surface area contributed by atoms with Gasteiger partial charge in [0.05, 0.1) is 12.9 Å². The van der Waals surface area contributed by atoms with Gasteiger partial charge in [-0.1, -0.05) is 12.8 Å². The van der Waals surface area contributed by atoms with Crippen LogP contribution in [0.5, 0.6) is 0 Å². The molecule has 0 aromatic rings. The summed E-state index contributed by atoms with van der Waals surface area (Å²) in [5.74, 6) is 1.55. The van der Waals surface area contributed by atoms with E-state index in [-0.39, 0.29) is 0 Å². The first kappa shape index (κ1) is 17.2. The number of sulfonamides is 1. The zero-order valence-electron chi connectivity index (χ0n) is 13.2. The molecule has 3 unspecified atom stereocenters. The van der Waals surface area contributed by atoms with E-state index in [1.807, 2.05) is 0 Å². The van der Waals surface area contributed by atoms with Crippen molar-refractivity contribution in [2.24, 2.45) is 23.5 Å². The standard InChI is InChI=1S/C15H30N2O3S/c1-21(18,19)17-8-4-5-13(10-17)11-20-12-15-7-3-2-6-14(15)9-16/h13-15H,2-12,16H2,1H3. The Kier molecular flexibility index (Phi) is 6.47. The third-order valence-electron chi connectivity index (χ3n) is 5.01. The Morgan fingerprint density at radius 3 is 2.48 bits per heavy atom. The summed E-state index contributed by atoms with van der Waals surface area (Å²) in [5, 5.41) is 0. The average molecular weight is 318 g/mol. The monoisotopic (exact) mass is 318 g/mol. The molecule has 2 N–H and O–H groups in total. The predicted molar refractivity (Wildman–Crippen MR) is 84.5 cm³/mol. The number of hydrogen-bond donors (Lipinski definition) is 1. The molecule has 21 heavy (non-hydrogen) atoms. The molecule has 5 nitrogen and oxygen atoms in total. The number of nitrogens with zero attached hydrogens (tertiary/aromatic N) is 1. The summed E-state index contributed by atoms with van der Waals surface area (Å²) in [6.45, 7) is 3.51. The van der Waals surface area contributed by atoms with Crippen molar-refractivity contribution in [1.82, 2.24) is 4.31 Å². The highest BCUT2D eigenvalue weighted by Crippen LogP contribution is 2.29. The van der Waals surface area contributed by atoms with E-state index in [9.17, 15) is 8.42 Å². The van der Waals surface area contributed by atoms with Gasteiger partial charge >= 0.3 is 0 Å². The van der Waals surface area contributed by atoms with Crippen LogP contribution in [0.25, 0.3) is 0 Å². The van der Waals surface area contributed by atoms with Crippen LogP contribution < -0.4 is 5.73 Å². The highest BCUT2D eigenvalue weighted by molar-refractivity contribution is 7.88. The zero-order chi connectivity index (χ0) is 15.3. The predicted octanol–water partition coefficient (Wildman–Crippen LogP) is 1.44. The molecular formula is C15H30N2O3S. The number of rotatable bonds is 6. The van der Waals surface area contributed by atoms with Gasteiger partial charge in [0, 0.05) is 19.7 Å². The first-order valence-electron chi connectivity index (χ1n) is 8.23. The van der Waals surface area contributed by atoms with Crippen LogP contribution in [0.3, 0.4) is 0 Å². The Labute approximate surface area is 129 Å². The van der Waals surface area contributed by atoms with E-state index < -0.39 is 10.0 Å². The quantitative estimate of drug-likeness (QED) is 0.804. The Morgan fingerprint density at radius 2 is 1.81 bits per heavy atom. The van der Waals surface area contributed by atoms with Crippen molar-refractivity contribution in [3.8, 4) is 0 Å². The number of nitrogens with two attached hydrogens (primary N) is 1. The molecule has 1 saturated carbocycles. The van der Waals surface area contributed by atoms with Gasteiger partial charge < -0.3 is 10.5 Å². The summed E-state index contributed by atoms with van der Waals surface area (Å²) in [6.07, 6.45) is 8.34. The van der Waals surface area contributed by atoms with E-state index in [0.29, 0.717) is 37.5 Å². The van der Waals surface area contributed by atoms with Crippen LogP contribution >= 0.6 is 0 Å². The van der Waals surface area contributed by atoms with E-state index >= 15 is 0 Å². The molecule has 0 amide bonds. The lowest BCUT2D eigenvalue weighted by Gasteiger charge is -2.33. The van der Waals surface area contributed by atoms with Crippen molar-refractivity contribution in [1.29, 1.82) is 0 Å².